The van der Waals surface area contributed by atoms with Crippen LogP contribution < -0.4 is 5.73 Å². The molecular formula is C12H20N2. The van der Waals surface area contributed by atoms with Crippen molar-refractivity contribution in [1.29, 1.82) is 0 Å². The lowest BCUT2D eigenvalue weighted by atomic mass is 9.77. The lowest BCUT2D eigenvalue weighted by Crippen LogP contribution is -2.33. The average molecular weight is 192 g/mol. The van der Waals surface area contributed by atoms with Gasteiger partial charge in [0.05, 0.1) is 0 Å². The van der Waals surface area contributed by atoms with Crippen molar-refractivity contribution >= 4 is 0 Å². The summed E-state index contributed by atoms with van der Waals surface area (Å²) >= 11 is 0. The van der Waals surface area contributed by atoms with Gasteiger partial charge in [0.25, 0.3) is 0 Å². The quantitative estimate of drug-likeness (QED) is 0.742. The number of hydrogen-bond acceptors (Lipinski definition) is 1. The van der Waals surface area contributed by atoms with Gasteiger partial charge in [-0.25, -0.2) is 0 Å². The fraction of sp³-hybridized carbons (Fsp3) is 0.667. The SMILES string of the molecule is Cc1c[nH]c(C)c1C1(CN)CCCC1. The molecule has 0 amide bonds. The molecule has 1 fully saturated rings. The molecule has 0 atom stereocenters. The highest BCUT2D eigenvalue weighted by molar-refractivity contribution is 5.38. The minimum atomic E-state index is 0.286. The van der Waals surface area contributed by atoms with E-state index in [2.05, 4.69) is 25.0 Å². The average Bonchev–Trinajstić information content (AvgIpc) is 2.75. The number of H-pyrrole nitrogens is 1. The summed E-state index contributed by atoms with van der Waals surface area (Å²) in [5.74, 6) is 0. The van der Waals surface area contributed by atoms with Crippen LogP contribution in [-0.2, 0) is 5.41 Å². The molecule has 1 heterocycles. The zero-order chi connectivity index (χ0) is 10.2. The van der Waals surface area contributed by atoms with Gasteiger partial charge in [-0.2, -0.15) is 0 Å². The fourth-order valence-corrected chi connectivity index (χ4v) is 3.08. The Labute approximate surface area is 85.9 Å². The van der Waals surface area contributed by atoms with Crippen LogP contribution in [0.2, 0.25) is 0 Å². The third-order valence-corrected chi connectivity index (χ3v) is 3.76. The summed E-state index contributed by atoms with van der Waals surface area (Å²) in [6.45, 7) is 5.15. The van der Waals surface area contributed by atoms with Crippen LogP contribution in [0.15, 0.2) is 6.20 Å². The lowest BCUT2D eigenvalue weighted by molar-refractivity contribution is 0.449. The maximum absolute atomic E-state index is 5.98. The Morgan fingerprint density at radius 3 is 2.43 bits per heavy atom. The van der Waals surface area contributed by atoms with E-state index in [9.17, 15) is 0 Å². The van der Waals surface area contributed by atoms with Crippen molar-refractivity contribution in [3.8, 4) is 0 Å². The molecule has 1 aromatic heterocycles. The second-order valence-electron chi connectivity index (χ2n) is 4.66. The molecule has 2 heteroatoms. The maximum Gasteiger partial charge on any atom is 0.0157 e. The van der Waals surface area contributed by atoms with Crippen molar-refractivity contribution < 1.29 is 0 Å². The number of nitrogens with one attached hydrogen (secondary N) is 1. The molecule has 0 radical (unpaired) electrons. The molecule has 0 aromatic carbocycles. The monoisotopic (exact) mass is 192 g/mol. The number of hydrogen-bond donors (Lipinski definition) is 2. The first kappa shape index (κ1) is 9.78. The summed E-state index contributed by atoms with van der Waals surface area (Å²) in [6, 6.07) is 0. The van der Waals surface area contributed by atoms with Crippen molar-refractivity contribution in [3.63, 3.8) is 0 Å². The normalized spacial score (nSPS) is 20.2. The third kappa shape index (κ3) is 1.29. The lowest BCUT2D eigenvalue weighted by Gasteiger charge is -2.28. The van der Waals surface area contributed by atoms with Gasteiger partial charge in [-0.1, -0.05) is 12.8 Å². The minimum Gasteiger partial charge on any atom is -0.365 e. The van der Waals surface area contributed by atoms with E-state index in [0.29, 0.717) is 0 Å². The molecule has 78 valence electrons. The molecule has 1 aromatic rings. The molecule has 0 saturated heterocycles. The Morgan fingerprint density at radius 1 is 1.36 bits per heavy atom. The van der Waals surface area contributed by atoms with Gasteiger partial charge in [-0.3, -0.25) is 0 Å². The zero-order valence-corrected chi connectivity index (χ0v) is 9.19. The summed E-state index contributed by atoms with van der Waals surface area (Å²) in [6.07, 6.45) is 7.31. The molecule has 0 bridgehead atoms. The van der Waals surface area contributed by atoms with E-state index in [1.54, 1.807) is 0 Å². The van der Waals surface area contributed by atoms with Gasteiger partial charge in [0.1, 0.15) is 0 Å². The summed E-state index contributed by atoms with van der Waals surface area (Å²) in [7, 11) is 0. The second kappa shape index (κ2) is 3.43. The predicted molar refractivity (Wildman–Crippen MR) is 59.5 cm³/mol. The Bertz CT molecular complexity index is 300. The molecule has 1 aliphatic rings. The standard InChI is InChI=1S/C12H20N2/c1-9-7-14-10(2)11(9)12(8-13)5-3-4-6-12/h7,14H,3-6,8,13H2,1-2H3. The maximum atomic E-state index is 5.98. The summed E-state index contributed by atoms with van der Waals surface area (Å²) in [4.78, 5) is 3.32. The van der Waals surface area contributed by atoms with Crippen molar-refractivity contribution in [2.75, 3.05) is 6.54 Å². The van der Waals surface area contributed by atoms with Crippen molar-refractivity contribution in [1.82, 2.24) is 4.98 Å². The molecule has 14 heavy (non-hydrogen) atoms. The first-order valence-corrected chi connectivity index (χ1v) is 5.55. The van der Waals surface area contributed by atoms with E-state index in [1.165, 1.54) is 42.5 Å². The van der Waals surface area contributed by atoms with Crippen molar-refractivity contribution in [2.45, 2.75) is 44.9 Å². The smallest absolute Gasteiger partial charge is 0.0157 e. The first-order chi connectivity index (χ1) is 6.69. The molecule has 0 unspecified atom stereocenters. The number of nitrogens with two attached hydrogens (primary N) is 1. The molecule has 0 spiro atoms. The largest absolute Gasteiger partial charge is 0.365 e. The van der Waals surface area contributed by atoms with Gasteiger partial charge in [-0.15, -0.1) is 0 Å². The summed E-state index contributed by atoms with van der Waals surface area (Å²) < 4.78 is 0. The first-order valence-electron chi connectivity index (χ1n) is 5.55. The number of aryl methyl sites for hydroxylation is 2. The molecule has 2 rings (SSSR count). The van der Waals surface area contributed by atoms with Gasteiger partial charge in [0.2, 0.25) is 0 Å². The Morgan fingerprint density at radius 2 is 2.00 bits per heavy atom. The van der Waals surface area contributed by atoms with Crippen LogP contribution in [-0.4, -0.2) is 11.5 Å². The van der Waals surface area contributed by atoms with Crippen LogP contribution in [0.4, 0.5) is 0 Å². The van der Waals surface area contributed by atoms with Gasteiger partial charge in [0.15, 0.2) is 0 Å². The van der Waals surface area contributed by atoms with Crippen LogP contribution in [0, 0.1) is 13.8 Å². The predicted octanol–water partition coefficient (Wildman–Crippen LogP) is 2.40. The fourth-order valence-electron chi connectivity index (χ4n) is 3.08. The highest BCUT2D eigenvalue weighted by Gasteiger charge is 2.36. The molecular weight excluding hydrogens is 172 g/mol. The molecule has 1 saturated carbocycles. The Kier molecular flexibility index (Phi) is 2.40. The van der Waals surface area contributed by atoms with Crippen molar-refractivity contribution in [2.24, 2.45) is 5.73 Å². The van der Waals surface area contributed by atoms with Crippen LogP contribution in [0.3, 0.4) is 0 Å². The van der Waals surface area contributed by atoms with Gasteiger partial charge in [0, 0.05) is 23.9 Å². The minimum absolute atomic E-state index is 0.286. The van der Waals surface area contributed by atoms with Crippen LogP contribution in [0.5, 0.6) is 0 Å². The van der Waals surface area contributed by atoms with E-state index in [0.717, 1.165) is 6.54 Å². The summed E-state index contributed by atoms with van der Waals surface area (Å²) in [5.41, 5.74) is 10.5. The Balaban J connectivity index is 2.45. The molecule has 2 nitrogen and oxygen atoms in total. The van der Waals surface area contributed by atoms with Gasteiger partial charge >= 0.3 is 0 Å². The number of aromatic amines is 1. The van der Waals surface area contributed by atoms with Crippen molar-refractivity contribution in [3.05, 3.63) is 23.0 Å². The highest BCUT2D eigenvalue weighted by Crippen LogP contribution is 2.42. The van der Waals surface area contributed by atoms with E-state index >= 15 is 0 Å². The second-order valence-corrected chi connectivity index (χ2v) is 4.66. The van der Waals surface area contributed by atoms with Gasteiger partial charge < -0.3 is 10.7 Å². The molecule has 0 aliphatic heterocycles. The molecule has 3 N–H and O–H groups in total. The number of aromatic nitrogens is 1. The van der Waals surface area contributed by atoms with Crippen LogP contribution >= 0.6 is 0 Å². The van der Waals surface area contributed by atoms with E-state index in [1.807, 2.05) is 0 Å². The van der Waals surface area contributed by atoms with E-state index in [4.69, 9.17) is 5.73 Å². The van der Waals surface area contributed by atoms with Crippen LogP contribution in [0.1, 0.15) is 42.5 Å². The summed E-state index contributed by atoms with van der Waals surface area (Å²) in [5, 5.41) is 0. The van der Waals surface area contributed by atoms with Gasteiger partial charge in [-0.05, 0) is 37.8 Å². The van der Waals surface area contributed by atoms with Crippen LogP contribution in [0.25, 0.3) is 0 Å². The van der Waals surface area contributed by atoms with E-state index in [-0.39, 0.29) is 5.41 Å². The topological polar surface area (TPSA) is 41.8 Å². The molecule has 1 aliphatic carbocycles. The highest BCUT2D eigenvalue weighted by atomic mass is 14.7. The van der Waals surface area contributed by atoms with E-state index < -0.39 is 0 Å². The number of rotatable bonds is 2. The third-order valence-electron chi connectivity index (χ3n) is 3.76. The zero-order valence-electron chi connectivity index (χ0n) is 9.19. The Hall–Kier alpha value is -0.760.